The Morgan fingerprint density at radius 3 is 2.55 bits per heavy atom. The van der Waals surface area contributed by atoms with Crippen molar-refractivity contribution >= 4 is 39.3 Å². The quantitative estimate of drug-likeness (QED) is 0.436. The first-order valence-corrected chi connectivity index (χ1v) is 11.9. The zero-order valence-corrected chi connectivity index (χ0v) is 19.3. The lowest BCUT2D eigenvalue weighted by atomic mass is 10.2. The number of nitrogens with one attached hydrogen (secondary N) is 1. The first kappa shape index (κ1) is 25.4. The summed E-state index contributed by atoms with van der Waals surface area (Å²) in [6, 6.07) is 6.24. The first-order chi connectivity index (χ1) is 14.3. The van der Waals surface area contributed by atoms with Gasteiger partial charge < -0.3 is 5.32 Å². The molecule has 2 rings (SSSR count). The van der Waals surface area contributed by atoms with E-state index < -0.39 is 27.7 Å². The van der Waals surface area contributed by atoms with Gasteiger partial charge in [-0.3, -0.25) is 4.79 Å². The molecule has 0 aliphatic heterocycles. The maximum Gasteiger partial charge on any atom is 0.417 e. The second kappa shape index (κ2) is 10.2. The molecule has 0 unspecified atom stereocenters. The van der Waals surface area contributed by atoms with Gasteiger partial charge in [-0.15, -0.1) is 11.8 Å². The lowest BCUT2D eigenvalue weighted by molar-refractivity contribution is -0.137. The van der Waals surface area contributed by atoms with E-state index in [1.165, 1.54) is 35.6 Å². The van der Waals surface area contributed by atoms with Gasteiger partial charge in [0.2, 0.25) is 10.0 Å². The minimum Gasteiger partial charge on any atom is -0.351 e. The van der Waals surface area contributed by atoms with E-state index in [4.69, 9.17) is 11.6 Å². The molecule has 6 nitrogen and oxygen atoms in total. The van der Waals surface area contributed by atoms with Gasteiger partial charge in [-0.05, 0) is 38.1 Å². The van der Waals surface area contributed by atoms with Crippen LogP contribution in [-0.4, -0.2) is 49.0 Å². The number of sulfonamides is 1. The molecule has 0 fully saturated rings. The summed E-state index contributed by atoms with van der Waals surface area (Å²) in [7, 11) is -2.27. The van der Waals surface area contributed by atoms with Crippen LogP contribution in [0.15, 0.2) is 46.5 Å². The maximum atomic E-state index is 12.6. The summed E-state index contributed by atoms with van der Waals surface area (Å²) in [6.45, 7) is 3.65. The van der Waals surface area contributed by atoms with Crippen molar-refractivity contribution in [2.24, 2.45) is 0 Å². The van der Waals surface area contributed by atoms with Crippen molar-refractivity contribution in [1.82, 2.24) is 14.6 Å². The van der Waals surface area contributed by atoms with Crippen LogP contribution in [-0.2, 0) is 16.2 Å². The monoisotopic (exact) mass is 495 g/mol. The van der Waals surface area contributed by atoms with E-state index in [0.29, 0.717) is 11.9 Å². The maximum absolute atomic E-state index is 12.6. The molecule has 1 heterocycles. The van der Waals surface area contributed by atoms with Gasteiger partial charge >= 0.3 is 6.18 Å². The van der Waals surface area contributed by atoms with E-state index in [1.807, 2.05) is 0 Å². The van der Waals surface area contributed by atoms with Crippen molar-refractivity contribution in [3.05, 3.63) is 52.7 Å². The lowest BCUT2D eigenvalue weighted by Gasteiger charge is -2.21. The number of aromatic nitrogens is 1. The molecule has 2 aromatic rings. The van der Waals surface area contributed by atoms with E-state index in [-0.39, 0.29) is 33.1 Å². The first-order valence-electron chi connectivity index (χ1n) is 9.06. The highest BCUT2D eigenvalue weighted by Crippen LogP contribution is 2.33. The van der Waals surface area contributed by atoms with E-state index in [1.54, 1.807) is 13.8 Å². The number of carbonyl (C=O) groups is 1. The number of benzene rings is 1. The molecule has 0 saturated heterocycles. The largest absolute Gasteiger partial charge is 0.417 e. The van der Waals surface area contributed by atoms with Crippen LogP contribution in [0.25, 0.3) is 0 Å². The van der Waals surface area contributed by atoms with Crippen LogP contribution < -0.4 is 5.32 Å². The van der Waals surface area contributed by atoms with Gasteiger partial charge in [-0.2, -0.15) is 17.5 Å². The van der Waals surface area contributed by atoms with Gasteiger partial charge in [0.1, 0.15) is 5.03 Å². The van der Waals surface area contributed by atoms with Gasteiger partial charge in [0.05, 0.1) is 15.5 Å². The number of hydrogen-bond donors (Lipinski definition) is 1. The molecule has 170 valence electrons. The fourth-order valence-electron chi connectivity index (χ4n) is 2.34. The van der Waals surface area contributed by atoms with Crippen molar-refractivity contribution in [3.63, 3.8) is 0 Å². The Bertz CT molecular complexity index is 1050. The molecular weight excluding hydrogens is 475 g/mol. The molecule has 0 atom stereocenters. The summed E-state index contributed by atoms with van der Waals surface area (Å²) in [5.41, 5.74) is -0.762. The number of rotatable bonds is 8. The molecule has 1 aromatic heterocycles. The van der Waals surface area contributed by atoms with E-state index in [9.17, 15) is 26.4 Å². The second-order valence-corrected chi connectivity index (χ2v) is 10.2. The Kier molecular flexibility index (Phi) is 8.37. The van der Waals surface area contributed by atoms with Crippen LogP contribution in [0.3, 0.4) is 0 Å². The number of hydrogen-bond acceptors (Lipinski definition) is 5. The van der Waals surface area contributed by atoms with E-state index >= 15 is 0 Å². The summed E-state index contributed by atoms with van der Waals surface area (Å²) in [6.07, 6.45) is -3.83. The topological polar surface area (TPSA) is 79.4 Å². The van der Waals surface area contributed by atoms with Crippen molar-refractivity contribution < 1.29 is 26.4 Å². The summed E-state index contributed by atoms with van der Waals surface area (Å²) < 4.78 is 64.3. The second-order valence-electron chi connectivity index (χ2n) is 6.76. The lowest BCUT2D eigenvalue weighted by Crippen LogP contribution is -2.33. The van der Waals surface area contributed by atoms with Gasteiger partial charge in [0.25, 0.3) is 5.91 Å². The van der Waals surface area contributed by atoms with Crippen LogP contribution >= 0.6 is 23.4 Å². The zero-order chi connectivity index (χ0) is 23.4. The van der Waals surface area contributed by atoms with Crippen molar-refractivity contribution in [2.45, 2.75) is 36.0 Å². The van der Waals surface area contributed by atoms with Gasteiger partial charge in [0.15, 0.2) is 0 Å². The minimum atomic E-state index is -4.53. The fourth-order valence-corrected chi connectivity index (χ4v) is 4.81. The summed E-state index contributed by atoms with van der Waals surface area (Å²) in [5.74, 6) is -0.172. The highest BCUT2D eigenvalue weighted by atomic mass is 35.5. The SMILES string of the molecule is CC(C)N(C)S(=O)(=O)c1cccc(C(=O)NCCSc2ncc(C(F)(F)F)cc2Cl)c1. The molecule has 1 aromatic carbocycles. The molecule has 12 heteroatoms. The molecule has 0 saturated carbocycles. The van der Waals surface area contributed by atoms with Crippen LogP contribution in [0.5, 0.6) is 0 Å². The number of carbonyl (C=O) groups excluding carboxylic acids is 1. The van der Waals surface area contributed by atoms with Crippen molar-refractivity contribution in [2.75, 3.05) is 19.3 Å². The molecule has 0 bridgehead atoms. The molecule has 1 amide bonds. The fraction of sp³-hybridized carbons (Fsp3) is 0.368. The number of alkyl halides is 3. The molecule has 0 aliphatic carbocycles. The van der Waals surface area contributed by atoms with Crippen LogP contribution in [0.4, 0.5) is 13.2 Å². The van der Waals surface area contributed by atoms with Crippen LogP contribution in [0, 0.1) is 0 Å². The number of pyridine rings is 1. The Morgan fingerprint density at radius 1 is 1.29 bits per heavy atom. The molecule has 1 N–H and O–H groups in total. The van der Waals surface area contributed by atoms with Gasteiger partial charge in [-0.1, -0.05) is 17.7 Å². The summed E-state index contributed by atoms with van der Waals surface area (Å²) in [5, 5.41) is 2.73. The Morgan fingerprint density at radius 2 is 1.97 bits per heavy atom. The third-order valence-corrected chi connectivity index (χ3v) is 7.70. The van der Waals surface area contributed by atoms with Crippen molar-refractivity contribution in [3.8, 4) is 0 Å². The van der Waals surface area contributed by atoms with E-state index in [0.717, 1.165) is 17.8 Å². The number of halogens is 4. The average Bonchev–Trinajstić information content (AvgIpc) is 2.70. The smallest absolute Gasteiger partial charge is 0.351 e. The highest BCUT2D eigenvalue weighted by Gasteiger charge is 2.31. The molecule has 0 spiro atoms. The summed E-state index contributed by atoms with van der Waals surface area (Å²) >= 11 is 6.94. The predicted octanol–water partition coefficient (Wildman–Crippen LogP) is 4.30. The normalized spacial score (nSPS) is 12.4. The molecule has 31 heavy (non-hydrogen) atoms. The number of thioether (sulfide) groups is 1. The highest BCUT2D eigenvalue weighted by molar-refractivity contribution is 7.99. The van der Waals surface area contributed by atoms with Crippen LogP contribution in [0.1, 0.15) is 29.8 Å². The molecule has 0 aliphatic rings. The molecule has 0 radical (unpaired) electrons. The Hall–Kier alpha value is -1.82. The third kappa shape index (κ3) is 6.58. The summed E-state index contributed by atoms with van der Waals surface area (Å²) in [4.78, 5) is 16.1. The Labute approximate surface area is 188 Å². The zero-order valence-electron chi connectivity index (χ0n) is 16.9. The Balaban J connectivity index is 1.97. The van der Waals surface area contributed by atoms with Gasteiger partial charge in [0, 0.05) is 37.1 Å². The number of amides is 1. The van der Waals surface area contributed by atoms with E-state index in [2.05, 4.69) is 10.3 Å². The number of nitrogens with zero attached hydrogens (tertiary/aromatic N) is 2. The van der Waals surface area contributed by atoms with Crippen molar-refractivity contribution in [1.29, 1.82) is 0 Å². The minimum absolute atomic E-state index is 0.00598. The third-order valence-electron chi connectivity index (χ3n) is 4.26. The van der Waals surface area contributed by atoms with Crippen LogP contribution in [0.2, 0.25) is 5.02 Å². The molecular formula is C19H21ClF3N3O3S2. The standard InChI is InChI=1S/C19H21ClF3N3O3S2/c1-12(2)26(3)31(28,29)15-6-4-5-13(9-15)17(27)24-7-8-30-18-16(20)10-14(11-25-18)19(21,22)23/h4-6,9-12H,7-8H2,1-3H3,(H,24,27). The van der Waals surface area contributed by atoms with Gasteiger partial charge in [-0.25, -0.2) is 13.4 Å². The average molecular weight is 496 g/mol. The predicted molar refractivity (Wildman–Crippen MR) is 114 cm³/mol.